The normalized spacial score (nSPS) is 11.0. The summed E-state index contributed by atoms with van der Waals surface area (Å²) in [4.78, 5) is 27.3. The van der Waals surface area contributed by atoms with Crippen molar-refractivity contribution in [2.75, 3.05) is 6.61 Å². The molecule has 0 saturated carbocycles. The van der Waals surface area contributed by atoms with Crippen LogP contribution in [0, 0.1) is 17.0 Å². The van der Waals surface area contributed by atoms with Crippen molar-refractivity contribution in [1.29, 1.82) is 0 Å². The summed E-state index contributed by atoms with van der Waals surface area (Å²) in [6, 6.07) is 8.78. The van der Waals surface area contributed by atoms with Gasteiger partial charge in [-0.3, -0.25) is 4.79 Å². The third kappa shape index (κ3) is 3.78. The second-order valence-corrected chi connectivity index (χ2v) is 6.76. The molecule has 4 aromatic rings. The average Bonchev–Trinajstić information content (AvgIpc) is 3.10. The van der Waals surface area contributed by atoms with Gasteiger partial charge in [0, 0.05) is 19.1 Å². The van der Waals surface area contributed by atoms with Gasteiger partial charge in [-0.15, -0.1) is 0 Å². The minimum absolute atomic E-state index is 0.000910. The van der Waals surface area contributed by atoms with E-state index in [0.29, 0.717) is 11.4 Å². The quantitative estimate of drug-likeness (QED) is 0.355. The highest BCUT2D eigenvalue weighted by atomic mass is 16.6. The van der Waals surface area contributed by atoms with Gasteiger partial charge in [0.2, 0.25) is 5.43 Å². The second-order valence-electron chi connectivity index (χ2n) is 6.76. The van der Waals surface area contributed by atoms with E-state index < -0.39 is 10.4 Å². The van der Waals surface area contributed by atoms with Crippen molar-refractivity contribution in [3.8, 4) is 28.4 Å². The molecule has 0 aliphatic carbocycles. The third-order valence-corrected chi connectivity index (χ3v) is 4.81. The first-order valence-electron chi connectivity index (χ1n) is 9.22. The molecule has 2 N–H and O–H groups in total. The van der Waals surface area contributed by atoms with Crippen molar-refractivity contribution in [2.24, 2.45) is 0 Å². The fourth-order valence-electron chi connectivity index (χ4n) is 3.26. The van der Waals surface area contributed by atoms with Crippen molar-refractivity contribution >= 4 is 16.8 Å². The zero-order valence-corrected chi connectivity index (χ0v) is 16.3. The van der Waals surface area contributed by atoms with Crippen LogP contribution in [-0.2, 0) is 6.54 Å². The van der Waals surface area contributed by atoms with E-state index in [2.05, 4.69) is 4.98 Å². The molecule has 10 heteroatoms. The SMILES string of the molecule is Cc1ncc([N+](=O)[O-])n1CCOc1cc(O)c2c(=O)c(-c3ccc(O)cc3)coc2c1. The molecule has 0 fully saturated rings. The Morgan fingerprint density at radius 1 is 1.23 bits per heavy atom. The topological polar surface area (TPSA) is 141 Å². The van der Waals surface area contributed by atoms with E-state index in [1.807, 2.05) is 0 Å². The highest BCUT2D eigenvalue weighted by Gasteiger charge is 2.18. The van der Waals surface area contributed by atoms with Gasteiger partial charge in [-0.2, -0.15) is 0 Å². The predicted molar refractivity (Wildman–Crippen MR) is 110 cm³/mol. The average molecular weight is 423 g/mol. The van der Waals surface area contributed by atoms with Gasteiger partial charge < -0.3 is 29.5 Å². The molecule has 0 atom stereocenters. The van der Waals surface area contributed by atoms with Crippen LogP contribution in [0.3, 0.4) is 0 Å². The number of benzene rings is 2. The molecule has 0 saturated heterocycles. The molecule has 158 valence electrons. The molecule has 2 heterocycles. The number of aromatic hydroxyl groups is 2. The maximum Gasteiger partial charge on any atom is 0.342 e. The van der Waals surface area contributed by atoms with Gasteiger partial charge in [-0.25, -0.2) is 9.55 Å². The maximum absolute atomic E-state index is 12.9. The minimum Gasteiger partial charge on any atom is -0.508 e. The first-order valence-corrected chi connectivity index (χ1v) is 9.22. The molecule has 4 rings (SSSR count). The van der Waals surface area contributed by atoms with Crippen LogP contribution in [0.5, 0.6) is 17.2 Å². The van der Waals surface area contributed by atoms with Crippen molar-refractivity contribution in [3.05, 3.63) is 75.0 Å². The van der Waals surface area contributed by atoms with Crippen molar-refractivity contribution in [1.82, 2.24) is 9.55 Å². The standard InChI is InChI=1S/C21H17N3O7/c1-12-22-10-19(24(28)29)23(12)6-7-30-15-8-17(26)20-18(9-15)31-11-16(21(20)27)13-2-4-14(25)5-3-13/h2-5,8-11,25-26H,6-7H2,1H3. The van der Waals surface area contributed by atoms with E-state index in [1.54, 1.807) is 19.1 Å². The van der Waals surface area contributed by atoms with E-state index in [1.165, 1.54) is 41.3 Å². The lowest BCUT2D eigenvalue weighted by atomic mass is 10.0. The first kappa shape index (κ1) is 20.0. The number of phenolic OH excluding ortho intramolecular Hbond substituents is 2. The zero-order chi connectivity index (χ0) is 22.1. The first-order chi connectivity index (χ1) is 14.8. The smallest absolute Gasteiger partial charge is 0.342 e. The maximum atomic E-state index is 12.9. The molecule has 0 spiro atoms. The third-order valence-electron chi connectivity index (χ3n) is 4.81. The Morgan fingerprint density at radius 3 is 2.68 bits per heavy atom. The molecular formula is C21H17N3O7. The van der Waals surface area contributed by atoms with Crippen LogP contribution in [0.15, 0.2) is 58.1 Å². The molecule has 0 radical (unpaired) electrons. The van der Waals surface area contributed by atoms with Gasteiger partial charge in [0.05, 0.1) is 5.56 Å². The number of hydrogen-bond acceptors (Lipinski definition) is 8. The molecule has 2 aromatic carbocycles. The van der Waals surface area contributed by atoms with E-state index in [4.69, 9.17) is 9.15 Å². The number of fused-ring (bicyclic) bond motifs is 1. The fraction of sp³-hybridized carbons (Fsp3) is 0.143. The van der Waals surface area contributed by atoms with Gasteiger partial charge in [0.1, 0.15) is 53.8 Å². The van der Waals surface area contributed by atoms with E-state index in [9.17, 15) is 25.1 Å². The number of phenols is 2. The summed E-state index contributed by atoms with van der Waals surface area (Å²) < 4.78 is 12.6. The molecule has 0 amide bonds. The van der Waals surface area contributed by atoms with Crippen molar-refractivity contribution < 1.29 is 24.3 Å². The van der Waals surface area contributed by atoms with Crippen LogP contribution in [-0.4, -0.2) is 31.3 Å². The number of rotatable bonds is 6. The summed E-state index contributed by atoms with van der Waals surface area (Å²) in [5, 5.41) is 30.9. The lowest BCUT2D eigenvalue weighted by Crippen LogP contribution is -2.12. The van der Waals surface area contributed by atoms with Gasteiger partial charge in [0.25, 0.3) is 0 Å². The highest BCUT2D eigenvalue weighted by Crippen LogP contribution is 2.30. The Morgan fingerprint density at radius 2 is 1.97 bits per heavy atom. The van der Waals surface area contributed by atoms with Gasteiger partial charge in [-0.05, 0) is 22.6 Å². The summed E-state index contributed by atoms with van der Waals surface area (Å²) in [7, 11) is 0. The molecular weight excluding hydrogens is 406 g/mol. The van der Waals surface area contributed by atoms with Crippen LogP contribution in [0.25, 0.3) is 22.1 Å². The monoisotopic (exact) mass is 423 g/mol. The molecule has 0 aliphatic heterocycles. The van der Waals surface area contributed by atoms with Crippen LogP contribution < -0.4 is 10.2 Å². The molecule has 0 unspecified atom stereocenters. The molecule has 10 nitrogen and oxygen atoms in total. The van der Waals surface area contributed by atoms with Crippen molar-refractivity contribution in [2.45, 2.75) is 13.5 Å². The number of nitrogens with zero attached hydrogens (tertiary/aromatic N) is 3. The number of aryl methyl sites for hydroxylation is 1. The van der Waals surface area contributed by atoms with Crippen LogP contribution in [0.2, 0.25) is 0 Å². The zero-order valence-electron chi connectivity index (χ0n) is 16.3. The van der Waals surface area contributed by atoms with Crippen LogP contribution in [0.4, 0.5) is 5.82 Å². The number of imidazole rings is 1. The number of aromatic nitrogens is 2. The number of hydrogen-bond donors (Lipinski definition) is 2. The number of nitro groups is 1. The Labute approximate surface area is 174 Å². The molecule has 2 aromatic heterocycles. The van der Waals surface area contributed by atoms with Gasteiger partial charge >= 0.3 is 5.82 Å². The van der Waals surface area contributed by atoms with Crippen LogP contribution >= 0.6 is 0 Å². The van der Waals surface area contributed by atoms with Crippen molar-refractivity contribution in [3.63, 3.8) is 0 Å². The van der Waals surface area contributed by atoms with Gasteiger partial charge in [-0.1, -0.05) is 12.1 Å². The van der Waals surface area contributed by atoms with E-state index >= 15 is 0 Å². The molecule has 0 aliphatic rings. The Hall–Kier alpha value is -4.34. The van der Waals surface area contributed by atoms with Gasteiger partial charge in [0.15, 0.2) is 5.82 Å². The Balaban J connectivity index is 1.59. The van der Waals surface area contributed by atoms with Crippen LogP contribution in [0.1, 0.15) is 5.82 Å². The minimum atomic E-state index is -0.526. The number of ether oxygens (including phenoxy) is 1. The second kappa shape index (κ2) is 7.82. The predicted octanol–water partition coefficient (Wildman–Crippen LogP) is 3.36. The largest absolute Gasteiger partial charge is 0.508 e. The summed E-state index contributed by atoms with van der Waals surface area (Å²) in [5.74, 6) is 0.326. The lowest BCUT2D eigenvalue weighted by molar-refractivity contribution is -0.392. The molecule has 31 heavy (non-hydrogen) atoms. The fourth-order valence-corrected chi connectivity index (χ4v) is 3.26. The molecule has 0 bridgehead atoms. The summed E-state index contributed by atoms with van der Waals surface area (Å²) >= 11 is 0. The van der Waals surface area contributed by atoms with E-state index in [0.717, 1.165) is 0 Å². The Kier molecular flexibility index (Phi) is 5.04. The lowest BCUT2D eigenvalue weighted by Gasteiger charge is -2.09. The summed E-state index contributed by atoms with van der Waals surface area (Å²) in [5.41, 5.74) is 0.470. The highest BCUT2D eigenvalue weighted by molar-refractivity contribution is 5.88. The van der Waals surface area contributed by atoms with E-state index in [-0.39, 0.29) is 52.8 Å². The Bertz CT molecular complexity index is 1340. The summed E-state index contributed by atoms with van der Waals surface area (Å²) in [6.07, 6.45) is 2.45. The summed E-state index contributed by atoms with van der Waals surface area (Å²) in [6.45, 7) is 1.89.